The molecule has 39 heavy (non-hydrogen) atoms. The van der Waals surface area contributed by atoms with Crippen molar-refractivity contribution in [2.45, 2.75) is 53.1 Å². The van der Waals surface area contributed by atoms with E-state index in [9.17, 15) is 10.1 Å². The number of piperidine rings is 1. The van der Waals surface area contributed by atoms with Gasteiger partial charge in [0, 0.05) is 44.8 Å². The van der Waals surface area contributed by atoms with Crippen LogP contribution in [0.25, 0.3) is 4.85 Å². The number of carbonyl (C=O) groups excluding carboxylic acids is 1. The van der Waals surface area contributed by atoms with Crippen molar-refractivity contribution in [1.29, 1.82) is 5.26 Å². The van der Waals surface area contributed by atoms with E-state index in [-0.39, 0.29) is 11.6 Å². The van der Waals surface area contributed by atoms with Crippen molar-refractivity contribution in [3.63, 3.8) is 0 Å². The summed E-state index contributed by atoms with van der Waals surface area (Å²) in [5, 5.41) is 9.71. The van der Waals surface area contributed by atoms with Gasteiger partial charge in [0.25, 0.3) is 5.91 Å². The van der Waals surface area contributed by atoms with Crippen molar-refractivity contribution in [3.8, 4) is 6.07 Å². The summed E-state index contributed by atoms with van der Waals surface area (Å²) >= 11 is 0. The number of hydrogen-bond donors (Lipinski definition) is 0. The van der Waals surface area contributed by atoms with Crippen LogP contribution >= 0.6 is 0 Å². The fourth-order valence-corrected chi connectivity index (χ4v) is 5.67. The largest absolute Gasteiger partial charge is 0.363 e. The lowest BCUT2D eigenvalue weighted by Crippen LogP contribution is -2.35. The van der Waals surface area contributed by atoms with Gasteiger partial charge in [-0.2, -0.15) is 0 Å². The molecular weight excluding hydrogens is 484 g/mol. The van der Waals surface area contributed by atoms with E-state index in [2.05, 4.69) is 45.8 Å². The molecule has 0 radical (unpaired) electrons. The average molecular weight is 525 g/mol. The summed E-state index contributed by atoms with van der Waals surface area (Å²) < 4.78 is 0. The van der Waals surface area contributed by atoms with E-state index in [1.54, 1.807) is 4.90 Å². The van der Waals surface area contributed by atoms with Crippen LogP contribution in [0, 0.1) is 31.8 Å². The molecule has 2 fully saturated rings. The van der Waals surface area contributed by atoms with Crippen molar-refractivity contribution < 1.29 is 4.79 Å². The number of nitrogens with zero attached hydrogens (tertiary/aromatic N) is 6. The van der Waals surface area contributed by atoms with Gasteiger partial charge in [0.2, 0.25) is 0 Å². The fourth-order valence-electron chi connectivity index (χ4n) is 5.67. The number of aryl methyl sites for hydroxylation is 2. The van der Waals surface area contributed by atoms with E-state index in [4.69, 9.17) is 6.57 Å². The molecule has 2 heterocycles. The summed E-state index contributed by atoms with van der Waals surface area (Å²) in [5.74, 6) is 0.280. The van der Waals surface area contributed by atoms with E-state index in [1.807, 2.05) is 43.0 Å². The molecular formula is C32H40N6O. The highest BCUT2D eigenvalue weighted by atomic mass is 16.2. The number of allylic oxidation sites excluding steroid dienone is 1. The summed E-state index contributed by atoms with van der Waals surface area (Å²) in [6.07, 6.45) is 3.97. The van der Waals surface area contributed by atoms with Crippen LogP contribution in [0.2, 0.25) is 0 Å². The Morgan fingerprint density at radius 1 is 1.00 bits per heavy atom. The number of hydrogen-bond acceptors (Lipinski definition) is 5. The minimum Gasteiger partial charge on any atom is -0.363 e. The second kappa shape index (κ2) is 13.4. The van der Waals surface area contributed by atoms with Gasteiger partial charge < -0.3 is 9.80 Å². The third kappa shape index (κ3) is 7.26. The maximum atomic E-state index is 13.5. The summed E-state index contributed by atoms with van der Waals surface area (Å²) in [5.41, 5.74) is 5.24. The van der Waals surface area contributed by atoms with E-state index < -0.39 is 0 Å². The van der Waals surface area contributed by atoms with Crippen LogP contribution in [0.3, 0.4) is 0 Å². The molecule has 0 N–H and O–H groups in total. The second-order valence-corrected chi connectivity index (χ2v) is 10.7. The molecule has 0 aromatic heterocycles. The van der Waals surface area contributed by atoms with Gasteiger partial charge in [0.05, 0.1) is 12.6 Å². The van der Waals surface area contributed by atoms with Crippen LogP contribution in [-0.4, -0.2) is 71.3 Å². The molecule has 2 aromatic carbocycles. The number of rotatable bonds is 9. The summed E-state index contributed by atoms with van der Waals surface area (Å²) in [6, 6.07) is 16.8. The third-order valence-electron chi connectivity index (χ3n) is 7.71. The molecule has 2 aromatic rings. The Labute approximate surface area is 233 Å². The maximum absolute atomic E-state index is 13.5. The molecule has 1 amide bonds. The zero-order valence-electron chi connectivity index (χ0n) is 23.6. The third-order valence-corrected chi connectivity index (χ3v) is 7.71. The molecule has 2 saturated heterocycles. The summed E-state index contributed by atoms with van der Waals surface area (Å²) in [6.45, 7) is 21.3. The monoisotopic (exact) mass is 524 g/mol. The van der Waals surface area contributed by atoms with E-state index in [1.165, 1.54) is 43.5 Å². The predicted molar refractivity (Wildman–Crippen MR) is 154 cm³/mol. The first-order chi connectivity index (χ1) is 18.9. The highest BCUT2D eigenvalue weighted by molar-refractivity contribution is 5.96. The summed E-state index contributed by atoms with van der Waals surface area (Å²) in [7, 11) is 0. The fraction of sp³-hybridized carbons (Fsp3) is 0.469. The lowest BCUT2D eigenvalue weighted by atomic mass is 10.1. The van der Waals surface area contributed by atoms with Crippen molar-refractivity contribution in [2.24, 2.45) is 0 Å². The lowest BCUT2D eigenvalue weighted by Gasteiger charge is -2.28. The molecule has 2 aliphatic rings. The van der Waals surface area contributed by atoms with Gasteiger partial charge in [0.15, 0.2) is 0 Å². The van der Waals surface area contributed by atoms with Crippen molar-refractivity contribution in [3.05, 3.63) is 93.2 Å². The molecule has 0 atom stereocenters. The number of carbonyl (C=O) groups is 1. The van der Waals surface area contributed by atoms with Crippen LogP contribution in [0.4, 0.5) is 0 Å². The standard InChI is InChI=1S/C32H40N6O/c1-5-35(23-27-9-11-28(12-10-27)24-36-13-7-6-8-14-36)15-16-37-17-18-38(31(37)30(22-33)34-4)32(39)29-20-25(2)19-26(3)21-29/h9-12,19-21H,5-8,13-18,23-24H2,1-3H3/b31-30+. The van der Waals surface area contributed by atoms with Gasteiger partial charge in [-0.15, -0.1) is 0 Å². The highest BCUT2D eigenvalue weighted by Gasteiger charge is 2.33. The number of likely N-dealkylation sites (tertiary alicyclic amines) is 1. The van der Waals surface area contributed by atoms with Crippen molar-refractivity contribution >= 4 is 5.91 Å². The Hall–Kier alpha value is -3.65. The predicted octanol–water partition coefficient (Wildman–Crippen LogP) is 5.18. The molecule has 0 unspecified atom stereocenters. The van der Waals surface area contributed by atoms with E-state index in [0.29, 0.717) is 31.0 Å². The molecule has 0 saturated carbocycles. The number of benzene rings is 2. The molecule has 7 heteroatoms. The number of nitriles is 1. The second-order valence-electron chi connectivity index (χ2n) is 10.7. The number of likely N-dealkylation sites (N-methyl/N-ethyl adjacent to an activating group) is 1. The van der Waals surface area contributed by atoms with Crippen molar-refractivity contribution in [2.75, 3.05) is 45.8 Å². The molecule has 0 bridgehead atoms. The van der Waals surface area contributed by atoms with Crippen LogP contribution in [0.5, 0.6) is 0 Å². The molecule has 0 spiro atoms. The van der Waals surface area contributed by atoms with E-state index in [0.717, 1.165) is 37.3 Å². The van der Waals surface area contributed by atoms with Gasteiger partial charge in [-0.3, -0.25) is 14.6 Å². The smallest absolute Gasteiger partial charge is 0.301 e. The first-order valence-electron chi connectivity index (χ1n) is 14.1. The molecule has 204 valence electrons. The Balaban J connectivity index is 1.40. The summed E-state index contributed by atoms with van der Waals surface area (Å²) in [4.78, 5) is 25.5. The topological polar surface area (TPSA) is 58.2 Å². The highest BCUT2D eigenvalue weighted by Crippen LogP contribution is 2.26. The Morgan fingerprint density at radius 3 is 2.28 bits per heavy atom. The molecule has 0 aliphatic carbocycles. The van der Waals surface area contributed by atoms with Crippen LogP contribution in [-0.2, 0) is 13.1 Å². The molecule has 2 aliphatic heterocycles. The van der Waals surface area contributed by atoms with Crippen LogP contribution < -0.4 is 0 Å². The lowest BCUT2D eigenvalue weighted by molar-refractivity contribution is 0.0816. The SMILES string of the molecule is [C-]#[N+]/C(C#N)=C1\N(CCN(CC)Cc2ccc(CN3CCCCC3)cc2)CCN1C(=O)c1cc(C)cc(C)c1. The minimum atomic E-state index is -0.160. The maximum Gasteiger partial charge on any atom is 0.301 e. The molecule has 7 nitrogen and oxygen atoms in total. The van der Waals surface area contributed by atoms with Crippen LogP contribution in [0.1, 0.15) is 58.8 Å². The zero-order valence-corrected chi connectivity index (χ0v) is 23.6. The van der Waals surface area contributed by atoms with E-state index >= 15 is 0 Å². The first kappa shape index (κ1) is 28.4. The first-order valence-corrected chi connectivity index (χ1v) is 14.1. The minimum absolute atomic E-state index is 0.0300. The Bertz CT molecular complexity index is 1230. The number of amides is 1. The average Bonchev–Trinajstić information content (AvgIpc) is 3.36. The zero-order chi connectivity index (χ0) is 27.8. The van der Waals surface area contributed by atoms with Gasteiger partial charge in [-0.05, 0) is 69.6 Å². The quantitative estimate of drug-likeness (QED) is 0.334. The van der Waals surface area contributed by atoms with Gasteiger partial charge in [-0.1, -0.05) is 54.8 Å². The van der Waals surface area contributed by atoms with Crippen LogP contribution in [0.15, 0.2) is 54.0 Å². The Morgan fingerprint density at radius 2 is 1.67 bits per heavy atom. The molecule has 4 rings (SSSR count). The van der Waals surface area contributed by atoms with Crippen molar-refractivity contribution in [1.82, 2.24) is 19.6 Å². The van der Waals surface area contributed by atoms with Gasteiger partial charge in [0.1, 0.15) is 5.82 Å². The normalized spacial score (nSPS) is 17.3. The van der Waals surface area contributed by atoms with Gasteiger partial charge >= 0.3 is 5.70 Å². The van der Waals surface area contributed by atoms with Gasteiger partial charge in [-0.25, -0.2) is 10.1 Å². The Kier molecular flexibility index (Phi) is 9.76.